The number of hydrogen-bond acceptors (Lipinski definition) is 5. The zero-order chi connectivity index (χ0) is 16.1. The molecule has 6 nitrogen and oxygen atoms in total. The highest BCUT2D eigenvalue weighted by molar-refractivity contribution is 7.79. The SMILES string of the molecule is CCCCNc1cc(C(=O)O)cc(S(=O)[O-])c1-c1ccco1. The summed E-state index contributed by atoms with van der Waals surface area (Å²) in [4.78, 5) is 11.1. The van der Waals surface area contributed by atoms with E-state index in [1.807, 2.05) is 6.92 Å². The van der Waals surface area contributed by atoms with Crippen molar-refractivity contribution < 1.29 is 23.1 Å². The minimum absolute atomic E-state index is 0.0893. The van der Waals surface area contributed by atoms with Gasteiger partial charge in [-0.2, -0.15) is 0 Å². The Hall–Kier alpha value is -2.12. The van der Waals surface area contributed by atoms with Crippen molar-refractivity contribution in [3.63, 3.8) is 0 Å². The summed E-state index contributed by atoms with van der Waals surface area (Å²) in [6.07, 6.45) is 3.28. The van der Waals surface area contributed by atoms with E-state index in [4.69, 9.17) is 9.52 Å². The molecule has 0 aliphatic carbocycles. The second-order valence-electron chi connectivity index (χ2n) is 4.69. The molecule has 2 aromatic rings. The predicted molar refractivity (Wildman–Crippen MR) is 81.7 cm³/mol. The fourth-order valence-electron chi connectivity index (χ4n) is 2.08. The Balaban J connectivity index is 2.59. The minimum atomic E-state index is -2.58. The van der Waals surface area contributed by atoms with E-state index in [1.165, 1.54) is 12.3 Å². The molecule has 22 heavy (non-hydrogen) atoms. The molecular weight excluding hydrogens is 306 g/mol. The molecule has 0 amide bonds. The lowest BCUT2D eigenvalue weighted by Crippen LogP contribution is -2.08. The van der Waals surface area contributed by atoms with Crippen LogP contribution in [0.4, 0.5) is 5.69 Å². The molecule has 1 atom stereocenters. The van der Waals surface area contributed by atoms with Crippen LogP contribution < -0.4 is 5.32 Å². The summed E-state index contributed by atoms with van der Waals surface area (Å²) in [7, 11) is 0. The molecule has 0 aliphatic heterocycles. The molecule has 0 fully saturated rings. The van der Waals surface area contributed by atoms with Gasteiger partial charge in [0, 0.05) is 17.1 Å². The van der Waals surface area contributed by atoms with Gasteiger partial charge in [0.1, 0.15) is 5.76 Å². The smallest absolute Gasteiger partial charge is 0.335 e. The van der Waals surface area contributed by atoms with Crippen molar-refractivity contribution in [1.82, 2.24) is 0 Å². The number of anilines is 1. The van der Waals surface area contributed by atoms with Gasteiger partial charge in [-0.05, 0) is 41.8 Å². The second kappa shape index (κ2) is 7.24. The monoisotopic (exact) mass is 322 g/mol. The van der Waals surface area contributed by atoms with E-state index in [-0.39, 0.29) is 10.5 Å². The van der Waals surface area contributed by atoms with Gasteiger partial charge in [-0.25, -0.2) is 4.79 Å². The maximum atomic E-state index is 11.5. The minimum Gasteiger partial charge on any atom is -0.768 e. The van der Waals surface area contributed by atoms with Crippen molar-refractivity contribution in [2.75, 3.05) is 11.9 Å². The maximum absolute atomic E-state index is 11.5. The van der Waals surface area contributed by atoms with Crippen LogP contribution in [0.5, 0.6) is 0 Å². The lowest BCUT2D eigenvalue weighted by atomic mass is 10.1. The number of rotatable bonds is 7. The third kappa shape index (κ3) is 3.55. The van der Waals surface area contributed by atoms with E-state index in [1.54, 1.807) is 12.1 Å². The third-order valence-corrected chi connectivity index (χ3v) is 3.82. The molecule has 7 heteroatoms. The standard InChI is InChI=1S/C15H17NO5S/c1-2-3-6-16-11-8-10(15(17)18)9-13(22(19)20)14(11)12-5-4-7-21-12/h4-5,7-9,16H,2-3,6H2,1H3,(H,17,18)(H,19,20)/p-1. The number of aromatic carboxylic acids is 1. The molecule has 0 bridgehead atoms. The van der Waals surface area contributed by atoms with Crippen LogP contribution in [0.15, 0.2) is 39.8 Å². The number of carboxylic acids is 1. The number of benzene rings is 1. The summed E-state index contributed by atoms with van der Waals surface area (Å²) < 4.78 is 28.3. The summed E-state index contributed by atoms with van der Waals surface area (Å²) in [5, 5.41) is 12.3. The highest BCUT2D eigenvalue weighted by Crippen LogP contribution is 2.35. The number of furan rings is 1. The Morgan fingerprint density at radius 2 is 2.23 bits per heavy atom. The average molecular weight is 322 g/mol. The quantitative estimate of drug-likeness (QED) is 0.600. The molecule has 0 spiro atoms. The van der Waals surface area contributed by atoms with Gasteiger partial charge in [-0.15, -0.1) is 0 Å². The van der Waals surface area contributed by atoms with E-state index in [9.17, 15) is 13.6 Å². The first kappa shape index (κ1) is 16.3. The Kier molecular flexibility index (Phi) is 5.35. The fourth-order valence-corrected chi connectivity index (χ4v) is 2.69. The molecule has 0 saturated heterocycles. The molecule has 2 N–H and O–H groups in total. The topological polar surface area (TPSA) is 103 Å². The Morgan fingerprint density at radius 1 is 1.45 bits per heavy atom. The average Bonchev–Trinajstić information content (AvgIpc) is 3.00. The summed E-state index contributed by atoms with van der Waals surface area (Å²) in [6.45, 7) is 2.64. The van der Waals surface area contributed by atoms with Crippen molar-refractivity contribution in [1.29, 1.82) is 0 Å². The van der Waals surface area contributed by atoms with Crippen molar-refractivity contribution >= 4 is 22.7 Å². The molecular formula is C15H16NO5S-. The highest BCUT2D eigenvalue weighted by atomic mass is 32.2. The Labute approximate surface area is 130 Å². The molecule has 0 aliphatic rings. The molecule has 0 saturated carbocycles. The van der Waals surface area contributed by atoms with Crippen LogP contribution in [0.2, 0.25) is 0 Å². The summed E-state index contributed by atoms with van der Waals surface area (Å²) in [5.41, 5.74) is 0.690. The lowest BCUT2D eigenvalue weighted by molar-refractivity contribution is 0.0696. The number of hydrogen-bond donors (Lipinski definition) is 2. The van der Waals surface area contributed by atoms with Crippen LogP contribution in [0.25, 0.3) is 11.3 Å². The molecule has 1 aromatic carbocycles. The molecule has 1 heterocycles. The first-order chi connectivity index (χ1) is 10.5. The first-order valence-corrected chi connectivity index (χ1v) is 7.90. The van der Waals surface area contributed by atoms with Gasteiger partial charge in [0.25, 0.3) is 0 Å². The largest absolute Gasteiger partial charge is 0.768 e. The van der Waals surface area contributed by atoms with Crippen molar-refractivity contribution in [3.05, 3.63) is 36.1 Å². The second-order valence-corrected chi connectivity index (χ2v) is 5.60. The fraction of sp³-hybridized carbons (Fsp3) is 0.267. The van der Waals surface area contributed by atoms with Crippen LogP contribution in [0, 0.1) is 0 Å². The first-order valence-electron chi connectivity index (χ1n) is 6.83. The molecule has 1 aromatic heterocycles. The van der Waals surface area contributed by atoms with Gasteiger partial charge in [-0.3, -0.25) is 4.21 Å². The predicted octanol–water partition coefficient (Wildman–Crippen LogP) is 3.09. The summed E-state index contributed by atoms with van der Waals surface area (Å²) in [5.74, 6) is -0.814. The Morgan fingerprint density at radius 3 is 2.77 bits per heavy atom. The van der Waals surface area contributed by atoms with E-state index in [0.29, 0.717) is 23.6 Å². The van der Waals surface area contributed by atoms with Gasteiger partial charge in [-0.1, -0.05) is 13.3 Å². The van der Waals surface area contributed by atoms with Gasteiger partial charge >= 0.3 is 5.97 Å². The lowest BCUT2D eigenvalue weighted by Gasteiger charge is -2.17. The zero-order valence-electron chi connectivity index (χ0n) is 12.0. The van der Waals surface area contributed by atoms with E-state index < -0.39 is 17.0 Å². The van der Waals surface area contributed by atoms with Crippen molar-refractivity contribution in [3.8, 4) is 11.3 Å². The number of unbranched alkanes of at least 4 members (excludes halogenated alkanes) is 1. The maximum Gasteiger partial charge on any atom is 0.335 e. The van der Waals surface area contributed by atoms with Gasteiger partial charge in [0.2, 0.25) is 0 Å². The summed E-state index contributed by atoms with van der Waals surface area (Å²) in [6, 6.07) is 5.84. The van der Waals surface area contributed by atoms with Gasteiger partial charge < -0.3 is 19.4 Å². The van der Waals surface area contributed by atoms with Crippen LogP contribution >= 0.6 is 0 Å². The van der Waals surface area contributed by atoms with Crippen LogP contribution in [-0.2, 0) is 11.1 Å². The molecule has 1 unspecified atom stereocenters. The Bertz CT molecular complexity index is 681. The number of nitrogens with one attached hydrogen (secondary N) is 1. The molecule has 2 rings (SSSR count). The summed E-state index contributed by atoms with van der Waals surface area (Å²) >= 11 is -2.58. The zero-order valence-corrected chi connectivity index (χ0v) is 12.8. The van der Waals surface area contributed by atoms with E-state index in [2.05, 4.69) is 5.32 Å². The van der Waals surface area contributed by atoms with Gasteiger partial charge in [0.05, 0.1) is 17.4 Å². The number of carbonyl (C=O) groups is 1. The normalized spacial score (nSPS) is 12.1. The van der Waals surface area contributed by atoms with E-state index >= 15 is 0 Å². The van der Waals surface area contributed by atoms with Crippen LogP contribution in [0.1, 0.15) is 30.1 Å². The highest BCUT2D eigenvalue weighted by Gasteiger charge is 2.18. The number of carboxylic acid groups (broad SMARTS) is 1. The van der Waals surface area contributed by atoms with Crippen LogP contribution in [-0.4, -0.2) is 26.4 Å². The van der Waals surface area contributed by atoms with Crippen LogP contribution in [0.3, 0.4) is 0 Å². The third-order valence-electron chi connectivity index (χ3n) is 3.14. The van der Waals surface area contributed by atoms with Gasteiger partial charge in [0.15, 0.2) is 0 Å². The molecule has 0 radical (unpaired) electrons. The van der Waals surface area contributed by atoms with Crippen molar-refractivity contribution in [2.45, 2.75) is 24.7 Å². The molecule has 118 valence electrons. The van der Waals surface area contributed by atoms with E-state index in [0.717, 1.165) is 18.9 Å². The van der Waals surface area contributed by atoms with Crippen molar-refractivity contribution in [2.24, 2.45) is 0 Å².